The molecule has 0 unspecified atom stereocenters. The third-order valence-corrected chi connectivity index (χ3v) is 26.9. The number of nitrogens with zero attached hydrogens (tertiary/aromatic N) is 3. The van der Waals surface area contributed by atoms with Crippen molar-refractivity contribution in [3.05, 3.63) is 491 Å². The highest BCUT2D eigenvalue weighted by Crippen LogP contribution is 2.46. The monoisotopic (exact) mass is 1640 g/mol. The number of fused-ring (bicyclic) bond motifs is 10. The predicted octanol–water partition coefficient (Wildman–Crippen LogP) is 35.4. The molecular weight excluding hydrogens is 1560 g/mol. The van der Waals surface area contributed by atoms with Crippen molar-refractivity contribution in [3.8, 4) is 77.9 Å². The second-order valence-corrected chi connectivity index (χ2v) is 34.3. The highest BCUT2D eigenvalue weighted by Gasteiger charge is 2.21. The number of benzene rings is 20. The molecule has 20 aromatic carbocycles. The molecule has 23 aromatic rings. The van der Waals surface area contributed by atoms with Gasteiger partial charge in [-0.25, -0.2) is 0 Å². The average molecular weight is 1640 g/mol. The number of thiophene rings is 3. The zero-order chi connectivity index (χ0) is 82.5. The van der Waals surface area contributed by atoms with Crippen LogP contribution in [-0.4, -0.2) is 0 Å². The van der Waals surface area contributed by atoms with Crippen LogP contribution in [0.15, 0.2) is 491 Å². The van der Waals surface area contributed by atoms with Gasteiger partial charge in [0.2, 0.25) is 0 Å². The van der Waals surface area contributed by atoms with Gasteiger partial charge in [-0.15, -0.1) is 34.0 Å². The maximum Gasteiger partial charge on any atom is 0.0540 e. The summed E-state index contributed by atoms with van der Waals surface area (Å²) in [6.07, 6.45) is 0. The third-order valence-electron chi connectivity index (χ3n) is 23.5. The van der Waals surface area contributed by atoms with Gasteiger partial charge >= 0.3 is 0 Å². The van der Waals surface area contributed by atoms with E-state index in [1.54, 1.807) is 0 Å². The lowest BCUT2D eigenvalue weighted by Gasteiger charge is -2.27. The zero-order valence-electron chi connectivity index (χ0n) is 67.8. The van der Waals surface area contributed by atoms with Crippen LogP contribution in [0.1, 0.15) is 0 Å². The zero-order valence-corrected chi connectivity index (χ0v) is 70.3. The number of hydrogen-bond acceptors (Lipinski definition) is 6. The Labute approximate surface area is 734 Å². The molecular formula is C118H81N3S3. The standard InChI is InChI=1S/C42H29NS.C40H27NS.C36H25NS/c1-3-9-30(10-4-1)32-15-22-36(23-16-32)43(37-24-17-33(18-25-37)31-11-5-2-6-12-31)38-26-19-34(20-27-38)35-21-28-42-40(29-35)39-13-7-8-14-41(39)44-42;1-2-9-28(10-3-1)29-17-22-33(23-18-29)41(38-15-8-12-31-11-4-5-13-35(31)38)34-24-19-30(20-25-34)32-21-26-40-37(27-32)36-14-6-7-16-39(36)42-40;1-3-9-26(10-4-1)27-15-20-31(21-16-27)37(30-11-5-2-6-12-30)32-22-17-28(18-23-32)29-19-24-36-34(25-29)33-13-7-8-14-35(33)38-36/h1-29H;1-27H;1-25H. The smallest absolute Gasteiger partial charge is 0.0540 e. The Morgan fingerprint density at radius 1 is 0.121 bits per heavy atom. The van der Waals surface area contributed by atoms with E-state index < -0.39 is 0 Å². The van der Waals surface area contributed by atoms with E-state index in [9.17, 15) is 0 Å². The molecule has 3 nitrogen and oxygen atoms in total. The summed E-state index contributed by atoms with van der Waals surface area (Å²) in [6, 6.07) is 177. The maximum absolute atomic E-state index is 2.37. The van der Waals surface area contributed by atoms with Crippen LogP contribution in [0.3, 0.4) is 0 Å². The molecule has 0 aliphatic heterocycles. The van der Waals surface area contributed by atoms with Crippen molar-refractivity contribution in [2.45, 2.75) is 0 Å². The summed E-state index contributed by atoms with van der Waals surface area (Å²) in [6.45, 7) is 0. The Hall–Kier alpha value is -15.3. The van der Waals surface area contributed by atoms with Crippen LogP contribution in [0, 0.1) is 0 Å². The summed E-state index contributed by atoms with van der Waals surface area (Å²) in [7, 11) is 0. The van der Waals surface area contributed by atoms with Gasteiger partial charge in [0.05, 0.1) is 5.69 Å². The van der Waals surface area contributed by atoms with Gasteiger partial charge in [-0.05, 0) is 241 Å². The van der Waals surface area contributed by atoms with Crippen LogP contribution in [-0.2, 0) is 0 Å². The maximum atomic E-state index is 2.37. The highest BCUT2D eigenvalue weighted by molar-refractivity contribution is 7.26. The van der Waals surface area contributed by atoms with Gasteiger partial charge in [-0.1, -0.05) is 334 Å². The van der Waals surface area contributed by atoms with Crippen molar-refractivity contribution in [1.29, 1.82) is 0 Å². The minimum absolute atomic E-state index is 1.12. The molecule has 23 rings (SSSR count). The van der Waals surface area contributed by atoms with Crippen LogP contribution < -0.4 is 14.7 Å². The molecule has 0 bridgehead atoms. The molecule has 0 amide bonds. The van der Waals surface area contributed by atoms with Gasteiger partial charge in [0.15, 0.2) is 0 Å². The van der Waals surface area contributed by atoms with Crippen LogP contribution in [0.4, 0.5) is 51.2 Å². The SMILES string of the molecule is c1ccc(-c2ccc(N(c3ccc(-c4ccc5sc6ccccc6c5c4)cc3)c3cccc4ccccc34)cc2)cc1.c1ccc(-c2ccc(N(c3ccc(-c4ccccc4)cc3)c3ccc(-c4ccc5sc6ccccc6c5c4)cc3)cc2)cc1.c1ccc(-c2ccc(N(c3ccccc3)c3ccc(-c4ccc5sc6ccccc6c5c4)cc3)cc2)cc1. The van der Waals surface area contributed by atoms with Gasteiger partial charge < -0.3 is 14.7 Å². The minimum atomic E-state index is 1.12. The van der Waals surface area contributed by atoms with Crippen molar-refractivity contribution < 1.29 is 0 Å². The number of anilines is 9. The van der Waals surface area contributed by atoms with E-state index in [-0.39, 0.29) is 0 Å². The first kappa shape index (κ1) is 76.1. The highest BCUT2D eigenvalue weighted by atomic mass is 32.1. The van der Waals surface area contributed by atoms with E-state index in [0.29, 0.717) is 0 Å². The molecule has 0 aliphatic carbocycles. The average Bonchev–Trinajstić information content (AvgIpc) is 0.936. The third kappa shape index (κ3) is 15.7. The fraction of sp³-hybridized carbons (Fsp3) is 0. The molecule has 0 saturated heterocycles. The Bertz CT molecular complexity index is 7560. The normalized spacial score (nSPS) is 11.2. The first-order valence-corrected chi connectivity index (χ1v) is 44.5. The molecule has 0 aliphatic rings. The molecule has 124 heavy (non-hydrogen) atoms. The van der Waals surface area contributed by atoms with Gasteiger partial charge in [-0.2, -0.15) is 0 Å². The van der Waals surface area contributed by atoms with Crippen LogP contribution in [0.25, 0.3) is 149 Å². The van der Waals surface area contributed by atoms with Crippen molar-refractivity contribution in [2.75, 3.05) is 14.7 Å². The van der Waals surface area contributed by atoms with Gasteiger partial charge in [0.25, 0.3) is 0 Å². The number of hydrogen-bond donors (Lipinski definition) is 0. The predicted molar refractivity (Wildman–Crippen MR) is 538 cm³/mol. The minimum Gasteiger partial charge on any atom is -0.311 e. The summed E-state index contributed by atoms with van der Waals surface area (Å²) in [5, 5.41) is 10.4. The fourth-order valence-corrected chi connectivity index (χ4v) is 20.4. The molecule has 0 fully saturated rings. The Balaban J connectivity index is 0.000000114. The van der Waals surface area contributed by atoms with Gasteiger partial charge in [0.1, 0.15) is 0 Å². The molecule has 0 saturated carbocycles. The van der Waals surface area contributed by atoms with E-state index in [1.807, 2.05) is 34.0 Å². The molecule has 0 radical (unpaired) electrons. The van der Waals surface area contributed by atoms with E-state index in [0.717, 1.165) is 45.5 Å². The van der Waals surface area contributed by atoms with Crippen molar-refractivity contribution in [1.82, 2.24) is 0 Å². The first-order valence-electron chi connectivity index (χ1n) is 42.1. The Morgan fingerprint density at radius 2 is 0.323 bits per heavy atom. The summed E-state index contributed by atoms with van der Waals surface area (Å²) < 4.78 is 8.01. The lowest BCUT2D eigenvalue weighted by molar-refractivity contribution is 1.28. The molecule has 0 N–H and O–H groups in total. The summed E-state index contributed by atoms with van der Waals surface area (Å²) in [5.74, 6) is 0. The molecule has 3 aromatic heterocycles. The molecule has 3 heterocycles. The van der Waals surface area contributed by atoms with Gasteiger partial charge in [0, 0.05) is 111 Å². The van der Waals surface area contributed by atoms with Crippen LogP contribution in [0.5, 0.6) is 0 Å². The first-order chi connectivity index (χ1) is 61.4. The van der Waals surface area contributed by atoms with Crippen LogP contribution >= 0.6 is 34.0 Å². The Morgan fingerprint density at radius 3 is 0.621 bits per heavy atom. The van der Waals surface area contributed by atoms with E-state index >= 15 is 0 Å². The second kappa shape index (κ2) is 34.4. The summed E-state index contributed by atoms with van der Waals surface area (Å²) in [5.41, 5.74) is 27.3. The second-order valence-electron chi connectivity index (χ2n) is 31.1. The lowest BCUT2D eigenvalue weighted by atomic mass is 10.0. The Kier molecular flexibility index (Phi) is 21.2. The van der Waals surface area contributed by atoms with Crippen molar-refractivity contribution in [2.24, 2.45) is 0 Å². The quantitative estimate of drug-likeness (QED) is 0.0955. The van der Waals surface area contributed by atoms with Crippen molar-refractivity contribution >= 4 is 156 Å². The van der Waals surface area contributed by atoms with Crippen molar-refractivity contribution in [3.63, 3.8) is 0 Å². The fourth-order valence-electron chi connectivity index (χ4n) is 17.2. The number of rotatable bonds is 16. The molecule has 0 spiro atoms. The summed E-state index contributed by atoms with van der Waals surface area (Å²) >= 11 is 5.58. The van der Waals surface area contributed by atoms with E-state index in [2.05, 4.69) is 506 Å². The molecule has 0 atom stereocenters. The summed E-state index contributed by atoms with van der Waals surface area (Å²) in [4.78, 5) is 7.02. The van der Waals surface area contributed by atoms with Crippen LogP contribution in [0.2, 0.25) is 0 Å². The van der Waals surface area contributed by atoms with E-state index in [1.165, 1.54) is 155 Å². The molecule has 6 heteroatoms. The number of para-hydroxylation sites is 1. The topological polar surface area (TPSA) is 9.72 Å². The molecule has 586 valence electrons. The van der Waals surface area contributed by atoms with E-state index in [4.69, 9.17) is 0 Å². The largest absolute Gasteiger partial charge is 0.311 e. The van der Waals surface area contributed by atoms with Gasteiger partial charge in [-0.3, -0.25) is 0 Å². The lowest BCUT2D eigenvalue weighted by Crippen LogP contribution is -2.10.